The summed E-state index contributed by atoms with van der Waals surface area (Å²) in [5, 5.41) is 6.81. The number of benzene rings is 1. The summed E-state index contributed by atoms with van der Waals surface area (Å²) in [5.41, 5.74) is 1.60. The van der Waals surface area contributed by atoms with E-state index in [2.05, 4.69) is 53.1 Å². The number of nitrogens with one attached hydrogen (secondary N) is 2. The maximum atomic E-state index is 11.2. The van der Waals surface area contributed by atoms with Gasteiger partial charge in [-0.1, -0.05) is 39.8 Å². The Labute approximate surface area is 232 Å². The van der Waals surface area contributed by atoms with Crippen LogP contribution < -0.4 is 14.9 Å². The molecule has 0 spiro atoms. The van der Waals surface area contributed by atoms with Crippen molar-refractivity contribution >= 4 is 28.9 Å². The lowest BCUT2D eigenvalue weighted by Gasteiger charge is -2.22. The van der Waals surface area contributed by atoms with E-state index in [0.29, 0.717) is 29.8 Å². The molecule has 0 fully saturated rings. The van der Waals surface area contributed by atoms with Crippen molar-refractivity contribution in [2.24, 2.45) is 0 Å². The monoisotopic (exact) mass is 547 g/mol. The van der Waals surface area contributed by atoms with Gasteiger partial charge in [0.05, 0.1) is 0 Å². The molecule has 2 aromatic rings. The van der Waals surface area contributed by atoms with Crippen LogP contribution in [0.1, 0.15) is 64.8 Å². The fourth-order valence-electron chi connectivity index (χ4n) is 4.34. The largest absolute Gasteiger partial charge is 0.755 e. The number of hydrogen-bond donors (Lipinski definition) is 2. The van der Waals surface area contributed by atoms with Gasteiger partial charge in [-0.05, 0) is 69.6 Å². The summed E-state index contributed by atoms with van der Waals surface area (Å²) < 4.78 is 23.7. The first-order valence-electron chi connectivity index (χ1n) is 14.0. The van der Waals surface area contributed by atoms with E-state index in [9.17, 15) is 8.76 Å². The third-order valence-electron chi connectivity index (χ3n) is 6.15. The Balaban J connectivity index is 2.13. The molecular weight excluding hydrogens is 500 g/mol. The molecule has 1 atom stereocenters. The van der Waals surface area contributed by atoms with Crippen molar-refractivity contribution in [1.29, 1.82) is 0 Å². The molecule has 11 heteroatoms. The van der Waals surface area contributed by atoms with E-state index in [1.165, 1.54) is 11.4 Å². The minimum atomic E-state index is -2.31. The highest BCUT2D eigenvalue weighted by Crippen LogP contribution is 2.17. The Morgan fingerprint density at radius 3 is 1.58 bits per heavy atom. The van der Waals surface area contributed by atoms with Crippen LogP contribution in [0.4, 0.5) is 17.6 Å². The summed E-state index contributed by atoms with van der Waals surface area (Å²) in [6.07, 6.45) is 5.06. The van der Waals surface area contributed by atoms with Gasteiger partial charge >= 0.3 is 0 Å². The molecule has 0 aliphatic carbocycles. The highest BCUT2D eigenvalue weighted by atomic mass is 32.2. The van der Waals surface area contributed by atoms with E-state index in [4.69, 9.17) is 9.97 Å². The zero-order valence-electron chi connectivity index (χ0n) is 23.9. The second kappa shape index (κ2) is 18.0. The molecule has 0 amide bonds. The first-order valence-corrected chi connectivity index (χ1v) is 15.0. The van der Waals surface area contributed by atoms with Gasteiger partial charge < -0.3 is 29.3 Å². The second-order valence-corrected chi connectivity index (χ2v) is 10.5. The lowest BCUT2D eigenvalue weighted by atomic mass is 10.1. The van der Waals surface area contributed by atoms with Crippen LogP contribution in [0.15, 0.2) is 24.3 Å². The predicted molar refractivity (Wildman–Crippen MR) is 157 cm³/mol. The Hall–Kier alpha value is -2.34. The van der Waals surface area contributed by atoms with Crippen LogP contribution in [-0.2, 0) is 17.7 Å². The maximum Gasteiger partial charge on any atom is 0.227 e. The van der Waals surface area contributed by atoms with Crippen molar-refractivity contribution < 1.29 is 8.76 Å². The van der Waals surface area contributed by atoms with Crippen molar-refractivity contribution in [2.75, 3.05) is 74.3 Å². The Morgan fingerprint density at radius 1 is 0.737 bits per heavy atom. The van der Waals surface area contributed by atoms with E-state index in [-0.39, 0.29) is 0 Å². The Kier molecular flexibility index (Phi) is 15.1. The summed E-state index contributed by atoms with van der Waals surface area (Å²) in [7, 11) is 1.52. The van der Waals surface area contributed by atoms with Crippen LogP contribution in [-0.4, -0.2) is 92.9 Å². The van der Waals surface area contributed by atoms with Crippen molar-refractivity contribution in [2.45, 2.75) is 59.8 Å². The van der Waals surface area contributed by atoms with E-state index in [1.807, 2.05) is 12.1 Å². The van der Waals surface area contributed by atoms with Crippen LogP contribution in [0.3, 0.4) is 0 Å². The number of nitrogens with zero attached hydrogens (tertiary/aromatic N) is 6. The lowest BCUT2D eigenvalue weighted by molar-refractivity contribution is 0.285. The Morgan fingerprint density at radius 2 is 1.18 bits per heavy atom. The number of rotatable bonds is 20. The molecule has 1 heterocycles. The summed E-state index contributed by atoms with van der Waals surface area (Å²) >= 11 is -2.31. The summed E-state index contributed by atoms with van der Waals surface area (Å²) in [4.78, 5) is 19.0. The average Bonchev–Trinajstić information content (AvgIpc) is 2.89. The summed E-state index contributed by atoms with van der Waals surface area (Å²) in [6, 6.07) is 7.39. The minimum absolute atomic E-state index is 0.520. The highest BCUT2D eigenvalue weighted by molar-refractivity contribution is 7.80. The van der Waals surface area contributed by atoms with Gasteiger partial charge in [-0.15, -0.1) is 0 Å². The van der Waals surface area contributed by atoms with Crippen LogP contribution in [0.25, 0.3) is 0 Å². The molecule has 0 saturated heterocycles. The summed E-state index contributed by atoms with van der Waals surface area (Å²) in [6.45, 7) is 16.6. The molecule has 10 nitrogen and oxygen atoms in total. The quantitative estimate of drug-likeness (QED) is 0.239. The smallest absolute Gasteiger partial charge is 0.227 e. The molecule has 0 aliphatic heterocycles. The first-order chi connectivity index (χ1) is 18.4. The topological polar surface area (TPSA) is 113 Å². The third kappa shape index (κ3) is 11.6. The third-order valence-corrected chi connectivity index (χ3v) is 6.81. The molecule has 0 radical (unpaired) electrons. The van der Waals surface area contributed by atoms with Crippen molar-refractivity contribution in [3.63, 3.8) is 0 Å². The second-order valence-electron chi connectivity index (χ2n) is 9.49. The summed E-state index contributed by atoms with van der Waals surface area (Å²) in [5.74, 6) is 1.81. The molecule has 0 aliphatic rings. The van der Waals surface area contributed by atoms with Crippen molar-refractivity contribution in [1.82, 2.24) is 24.8 Å². The minimum Gasteiger partial charge on any atom is -0.755 e. The zero-order chi connectivity index (χ0) is 27.8. The molecule has 0 bridgehead atoms. The normalized spacial score (nSPS) is 12.2. The van der Waals surface area contributed by atoms with Gasteiger partial charge in [0, 0.05) is 56.6 Å². The standard InChI is InChI=1S/C27H48N8O2S/c1-6-16-34(17-7-2)20-14-28-26-30-25(22-23-10-12-24(13-11-23)33(5)38(36)37)31-27(32-26)29-15-21-35(18-8-3)19-9-4/h10-13H,6-9,14-22H2,1-5H3,(H,36,37)(H2,28,29,30,31,32)/p-1. The molecule has 1 aromatic carbocycles. The number of hydrogen-bond acceptors (Lipinski definition) is 9. The fourth-order valence-corrected chi connectivity index (χ4v) is 4.63. The molecule has 0 saturated carbocycles. The van der Waals surface area contributed by atoms with Gasteiger partial charge in [0.25, 0.3) is 0 Å². The van der Waals surface area contributed by atoms with E-state index in [1.54, 1.807) is 12.1 Å². The van der Waals surface area contributed by atoms with E-state index in [0.717, 1.165) is 83.6 Å². The van der Waals surface area contributed by atoms with Gasteiger partial charge in [-0.25, -0.2) is 0 Å². The highest BCUT2D eigenvalue weighted by Gasteiger charge is 2.10. The van der Waals surface area contributed by atoms with Crippen molar-refractivity contribution in [3.8, 4) is 0 Å². The predicted octanol–water partition coefficient (Wildman–Crippen LogP) is 3.76. The average molecular weight is 548 g/mol. The van der Waals surface area contributed by atoms with Gasteiger partial charge in [-0.3, -0.25) is 4.21 Å². The van der Waals surface area contributed by atoms with E-state index < -0.39 is 11.3 Å². The SMILES string of the molecule is CCCN(CCC)CCNc1nc(Cc2ccc(N(C)S(=O)[O-])cc2)nc(NCCN(CCC)CCC)n1. The van der Waals surface area contributed by atoms with E-state index >= 15 is 0 Å². The van der Waals surface area contributed by atoms with Gasteiger partial charge in [-0.2, -0.15) is 15.0 Å². The Bertz CT molecular complexity index is 895. The number of aromatic nitrogens is 3. The van der Waals surface area contributed by atoms with Gasteiger partial charge in [0.2, 0.25) is 11.9 Å². The number of anilines is 3. The van der Waals surface area contributed by atoms with Crippen LogP contribution in [0.2, 0.25) is 0 Å². The van der Waals surface area contributed by atoms with Crippen LogP contribution in [0.5, 0.6) is 0 Å². The maximum absolute atomic E-state index is 11.2. The lowest BCUT2D eigenvalue weighted by Crippen LogP contribution is -2.31. The molecule has 2 rings (SSSR count). The van der Waals surface area contributed by atoms with Crippen LogP contribution >= 0.6 is 0 Å². The van der Waals surface area contributed by atoms with Crippen LogP contribution in [0, 0.1) is 0 Å². The first kappa shape index (κ1) is 31.9. The molecule has 38 heavy (non-hydrogen) atoms. The van der Waals surface area contributed by atoms with Gasteiger partial charge in [0.15, 0.2) is 0 Å². The van der Waals surface area contributed by atoms with Crippen molar-refractivity contribution in [3.05, 3.63) is 35.7 Å². The molecular formula is C27H47N8O2S-. The molecule has 2 N–H and O–H groups in total. The fraction of sp³-hybridized carbons (Fsp3) is 0.667. The van der Waals surface area contributed by atoms with Gasteiger partial charge in [0.1, 0.15) is 5.82 Å². The molecule has 1 aromatic heterocycles. The zero-order valence-corrected chi connectivity index (χ0v) is 24.7. The molecule has 214 valence electrons. The molecule has 1 unspecified atom stereocenters.